The van der Waals surface area contributed by atoms with Crippen molar-refractivity contribution >= 4 is 34.3 Å². The van der Waals surface area contributed by atoms with E-state index in [9.17, 15) is 14.4 Å². The summed E-state index contributed by atoms with van der Waals surface area (Å²) in [4.78, 5) is 51.5. The summed E-state index contributed by atoms with van der Waals surface area (Å²) in [6.07, 6.45) is 6.55. The molecule has 0 unspecified atom stereocenters. The van der Waals surface area contributed by atoms with Crippen molar-refractivity contribution in [2.45, 2.75) is 19.4 Å². The lowest BCUT2D eigenvalue weighted by Gasteiger charge is -2.12. The fraction of sp³-hybridized carbons (Fsp3) is 0.143. The molecular formula is C28H24N8O3. The number of fused-ring (bicyclic) bond motifs is 1. The van der Waals surface area contributed by atoms with Crippen molar-refractivity contribution in [2.75, 3.05) is 10.6 Å². The van der Waals surface area contributed by atoms with Crippen LogP contribution in [-0.4, -0.2) is 34.8 Å². The van der Waals surface area contributed by atoms with E-state index in [4.69, 9.17) is 0 Å². The van der Waals surface area contributed by atoms with Gasteiger partial charge in [0.25, 0.3) is 11.1 Å². The molecule has 1 fully saturated rings. The third-order valence-electron chi connectivity index (χ3n) is 6.32. The zero-order chi connectivity index (χ0) is 26.9. The molecule has 0 saturated heterocycles. The summed E-state index contributed by atoms with van der Waals surface area (Å²) >= 11 is 0. The standard InChI is InChI=1S/C28H24N8O3/c1-2-14-35-27(39)21-17-29-28(31-20-8-5-7-19(16-20)30-26(38)18-12-13-18)33-25(21)36(35)23-10-6-9-22(32-23)34-15-4-3-11-24(34)37/h2-11,15-18H,1,12-14H2,(H,30,38)(H,29,31,33). The number of nitrogens with one attached hydrogen (secondary N) is 2. The lowest BCUT2D eigenvalue weighted by molar-refractivity contribution is -0.117. The van der Waals surface area contributed by atoms with Crippen molar-refractivity contribution in [1.29, 1.82) is 0 Å². The number of carbonyl (C=O) groups excluding carboxylic acids is 1. The van der Waals surface area contributed by atoms with Gasteiger partial charge in [0.2, 0.25) is 11.9 Å². The Balaban J connectivity index is 1.41. The molecule has 5 aromatic rings. The smallest absolute Gasteiger partial charge is 0.278 e. The molecule has 39 heavy (non-hydrogen) atoms. The van der Waals surface area contributed by atoms with Crippen LogP contribution in [0, 0.1) is 5.92 Å². The van der Waals surface area contributed by atoms with E-state index in [2.05, 4.69) is 32.2 Å². The molecule has 1 aliphatic carbocycles. The average Bonchev–Trinajstić information content (AvgIpc) is 3.76. The zero-order valence-corrected chi connectivity index (χ0v) is 20.8. The highest BCUT2D eigenvalue weighted by atomic mass is 16.2. The molecule has 4 aromatic heterocycles. The van der Waals surface area contributed by atoms with Gasteiger partial charge in [-0.15, -0.1) is 6.58 Å². The Kier molecular flexibility index (Phi) is 6.08. The quantitative estimate of drug-likeness (QED) is 0.300. The van der Waals surface area contributed by atoms with Crippen LogP contribution in [0.1, 0.15) is 12.8 Å². The second-order valence-corrected chi connectivity index (χ2v) is 9.15. The Morgan fingerprint density at radius 2 is 1.79 bits per heavy atom. The normalized spacial score (nSPS) is 12.8. The molecule has 1 aromatic carbocycles. The number of hydrogen-bond donors (Lipinski definition) is 2. The van der Waals surface area contributed by atoms with Crippen molar-refractivity contribution in [3.05, 3.63) is 106 Å². The lowest BCUT2D eigenvalue weighted by Crippen LogP contribution is -2.23. The second-order valence-electron chi connectivity index (χ2n) is 9.15. The first-order valence-electron chi connectivity index (χ1n) is 12.4. The lowest BCUT2D eigenvalue weighted by atomic mass is 10.2. The van der Waals surface area contributed by atoms with E-state index >= 15 is 0 Å². The number of hydrogen-bond acceptors (Lipinski definition) is 7. The highest BCUT2D eigenvalue weighted by molar-refractivity contribution is 5.94. The molecule has 1 amide bonds. The van der Waals surface area contributed by atoms with Crippen molar-refractivity contribution < 1.29 is 4.79 Å². The number of amides is 1. The number of benzene rings is 1. The van der Waals surface area contributed by atoms with Crippen molar-refractivity contribution in [1.82, 2.24) is 28.9 Å². The van der Waals surface area contributed by atoms with Gasteiger partial charge in [-0.05, 0) is 49.2 Å². The van der Waals surface area contributed by atoms with Crippen molar-refractivity contribution in [3.8, 4) is 11.6 Å². The Labute approximate surface area is 222 Å². The number of rotatable bonds is 8. The summed E-state index contributed by atoms with van der Waals surface area (Å²) in [7, 11) is 0. The molecule has 1 aliphatic rings. The van der Waals surface area contributed by atoms with Gasteiger partial charge in [-0.3, -0.25) is 19.0 Å². The van der Waals surface area contributed by atoms with Crippen LogP contribution in [0.3, 0.4) is 0 Å². The largest absolute Gasteiger partial charge is 0.326 e. The van der Waals surface area contributed by atoms with E-state index in [1.54, 1.807) is 53.4 Å². The van der Waals surface area contributed by atoms with Crippen LogP contribution in [0.25, 0.3) is 22.7 Å². The first-order chi connectivity index (χ1) is 19.0. The van der Waals surface area contributed by atoms with Crippen molar-refractivity contribution in [3.63, 3.8) is 0 Å². The number of pyridine rings is 2. The Bertz CT molecular complexity index is 1850. The summed E-state index contributed by atoms with van der Waals surface area (Å²) < 4.78 is 4.47. The maximum Gasteiger partial charge on any atom is 0.278 e. The fourth-order valence-corrected chi connectivity index (χ4v) is 4.28. The van der Waals surface area contributed by atoms with Crippen LogP contribution >= 0.6 is 0 Å². The highest BCUT2D eigenvalue weighted by Crippen LogP contribution is 2.30. The molecule has 1 saturated carbocycles. The summed E-state index contributed by atoms with van der Waals surface area (Å²) in [6, 6.07) is 17.3. The Morgan fingerprint density at radius 3 is 2.59 bits per heavy atom. The van der Waals surface area contributed by atoms with Gasteiger partial charge in [0.15, 0.2) is 11.5 Å². The number of aromatic nitrogens is 6. The Hall–Kier alpha value is -5.32. The summed E-state index contributed by atoms with van der Waals surface area (Å²) in [6.45, 7) is 3.98. The molecule has 4 heterocycles. The topological polar surface area (TPSA) is 129 Å². The molecule has 6 rings (SSSR count). The van der Waals surface area contributed by atoms with E-state index in [0.29, 0.717) is 34.0 Å². The molecule has 11 heteroatoms. The van der Waals surface area contributed by atoms with Gasteiger partial charge in [-0.2, -0.15) is 4.98 Å². The van der Waals surface area contributed by atoms with Crippen LogP contribution in [0.2, 0.25) is 0 Å². The summed E-state index contributed by atoms with van der Waals surface area (Å²) in [5, 5.41) is 6.38. The predicted octanol–water partition coefficient (Wildman–Crippen LogP) is 3.41. The van der Waals surface area contributed by atoms with Crippen molar-refractivity contribution in [2.24, 2.45) is 5.92 Å². The number of allylic oxidation sites excluding steroid dienone is 1. The summed E-state index contributed by atoms with van der Waals surface area (Å²) in [5.41, 5.74) is 1.15. The molecule has 11 nitrogen and oxygen atoms in total. The molecule has 0 aliphatic heterocycles. The van der Waals surface area contributed by atoms with Gasteiger partial charge in [-0.25, -0.2) is 19.3 Å². The monoisotopic (exact) mass is 520 g/mol. The van der Waals surface area contributed by atoms with Gasteiger partial charge >= 0.3 is 0 Å². The second kappa shape index (κ2) is 9.86. The molecule has 0 radical (unpaired) electrons. The molecule has 2 N–H and O–H groups in total. The van der Waals surface area contributed by atoms with Crippen LogP contribution in [-0.2, 0) is 11.3 Å². The van der Waals surface area contributed by atoms with Crippen LogP contribution in [0.5, 0.6) is 0 Å². The first-order valence-corrected chi connectivity index (χ1v) is 12.4. The van der Waals surface area contributed by atoms with E-state index in [1.807, 2.05) is 18.2 Å². The maximum absolute atomic E-state index is 13.3. The molecular weight excluding hydrogens is 496 g/mol. The minimum atomic E-state index is -0.301. The van der Waals surface area contributed by atoms with Gasteiger partial charge in [0, 0.05) is 35.8 Å². The summed E-state index contributed by atoms with van der Waals surface area (Å²) in [5.74, 6) is 1.16. The molecule has 194 valence electrons. The zero-order valence-electron chi connectivity index (χ0n) is 20.8. The minimum absolute atomic E-state index is 0.0184. The first kappa shape index (κ1) is 24.0. The van der Waals surface area contributed by atoms with E-state index < -0.39 is 0 Å². The maximum atomic E-state index is 13.3. The minimum Gasteiger partial charge on any atom is -0.326 e. The third kappa shape index (κ3) is 4.73. The number of carbonyl (C=O) groups is 1. The predicted molar refractivity (Wildman–Crippen MR) is 148 cm³/mol. The van der Waals surface area contributed by atoms with E-state index in [1.165, 1.54) is 21.5 Å². The van der Waals surface area contributed by atoms with Gasteiger partial charge < -0.3 is 10.6 Å². The van der Waals surface area contributed by atoms with Crippen LogP contribution in [0.4, 0.5) is 17.3 Å². The Morgan fingerprint density at radius 1 is 1.00 bits per heavy atom. The van der Waals surface area contributed by atoms with Gasteiger partial charge in [0.05, 0.1) is 6.54 Å². The van der Waals surface area contributed by atoms with E-state index in [0.717, 1.165) is 12.8 Å². The average molecular weight is 521 g/mol. The highest BCUT2D eigenvalue weighted by Gasteiger charge is 2.29. The number of anilines is 3. The van der Waals surface area contributed by atoms with E-state index in [-0.39, 0.29) is 35.4 Å². The van der Waals surface area contributed by atoms with Gasteiger partial charge in [-0.1, -0.05) is 24.3 Å². The molecule has 0 spiro atoms. The van der Waals surface area contributed by atoms with Gasteiger partial charge in [0.1, 0.15) is 11.2 Å². The molecule has 0 atom stereocenters. The molecule has 0 bridgehead atoms. The van der Waals surface area contributed by atoms with Crippen LogP contribution < -0.4 is 21.8 Å². The SMILES string of the molecule is C=CCn1c(=O)c2cnc(Nc3cccc(NC(=O)C4CC4)c3)nc2n1-c1cccc(-n2ccccc2=O)n1. The third-order valence-corrected chi connectivity index (χ3v) is 6.32. The fourth-order valence-electron chi connectivity index (χ4n) is 4.28. The number of nitrogens with zero attached hydrogens (tertiary/aromatic N) is 6. The van der Waals surface area contributed by atoms with Crippen LogP contribution in [0.15, 0.2) is 95.3 Å².